The second kappa shape index (κ2) is 9.21. The molecule has 1 aliphatic rings. The lowest BCUT2D eigenvalue weighted by Gasteiger charge is -2.32. The van der Waals surface area contributed by atoms with Crippen LogP contribution in [0.2, 0.25) is 0 Å². The van der Waals surface area contributed by atoms with E-state index in [4.69, 9.17) is 4.74 Å². The third-order valence-electron chi connectivity index (χ3n) is 4.20. The predicted octanol–water partition coefficient (Wildman–Crippen LogP) is 3.68. The number of hydrogen-bond donors (Lipinski definition) is 0. The predicted molar refractivity (Wildman–Crippen MR) is 94.0 cm³/mol. The van der Waals surface area contributed by atoms with Crippen molar-refractivity contribution in [2.75, 3.05) is 19.7 Å². The van der Waals surface area contributed by atoms with Crippen molar-refractivity contribution >= 4 is 33.9 Å². The van der Waals surface area contributed by atoms with Gasteiger partial charge in [-0.2, -0.15) is 0 Å². The molecular weight excluding hydrogens is 415 g/mol. The van der Waals surface area contributed by atoms with E-state index in [2.05, 4.69) is 15.9 Å². The summed E-state index contributed by atoms with van der Waals surface area (Å²) in [5.41, 5.74) is 0.0625. The first kappa shape index (κ1) is 20.5. The van der Waals surface area contributed by atoms with Crippen molar-refractivity contribution in [3.8, 4) is 0 Å². The Balaban J connectivity index is 1.91. The monoisotopic (exact) mass is 433 g/mol. The fraction of sp³-hybridized carbons (Fsp3) is 0.444. The molecule has 0 saturated carbocycles. The van der Waals surface area contributed by atoms with E-state index in [0.29, 0.717) is 32.5 Å². The van der Waals surface area contributed by atoms with Gasteiger partial charge in [0.1, 0.15) is 4.83 Å². The number of hydrogen-bond acceptors (Lipinski definition) is 3. The number of nitrogens with zero attached hydrogens (tertiary/aromatic N) is 1. The highest BCUT2D eigenvalue weighted by atomic mass is 79.9. The molecule has 26 heavy (non-hydrogen) atoms. The highest BCUT2D eigenvalue weighted by Crippen LogP contribution is 2.26. The van der Waals surface area contributed by atoms with Gasteiger partial charge in [0.25, 0.3) is 0 Å². The summed E-state index contributed by atoms with van der Waals surface area (Å²) in [6.07, 6.45) is 3.71. The minimum Gasteiger partial charge on any atom is -0.465 e. The summed E-state index contributed by atoms with van der Waals surface area (Å²) in [6, 6.07) is 1.65. The maximum Gasteiger partial charge on any atom is 0.319 e. The maximum absolute atomic E-state index is 13.2. The van der Waals surface area contributed by atoms with E-state index in [1.165, 1.54) is 12.2 Å². The summed E-state index contributed by atoms with van der Waals surface area (Å²) in [6.45, 7) is 2.97. The molecule has 1 amide bonds. The number of carbonyl (C=O) groups excluding carboxylic acids is 2. The number of esters is 1. The fourth-order valence-corrected chi connectivity index (χ4v) is 3.43. The average molecular weight is 434 g/mol. The zero-order valence-corrected chi connectivity index (χ0v) is 15.8. The molecule has 142 valence electrons. The highest BCUT2D eigenvalue weighted by molar-refractivity contribution is 9.10. The molecule has 1 aromatic carbocycles. The van der Waals surface area contributed by atoms with Gasteiger partial charge in [0.05, 0.1) is 6.61 Å². The standard InChI is InChI=1S/C18H19BrF3NO3/c1-2-26-18(25)16(19)12-5-7-23(8-6-12)15(24)4-3-11-9-13(20)17(22)14(21)10-11/h3-4,9-10,12,16H,2,5-8H2,1H3/b4-3+. The molecule has 1 aromatic rings. The molecule has 0 radical (unpaired) electrons. The van der Waals surface area contributed by atoms with Crippen LogP contribution in [-0.2, 0) is 14.3 Å². The lowest BCUT2D eigenvalue weighted by molar-refractivity contribution is -0.143. The van der Waals surface area contributed by atoms with E-state index in [-0.39, 0.29) is 23.4 Å². The Morgan fingerprint density at radius 2 is 1.85 bits per heavy atom. The zero-order chi connectivity index (χ0) is 19.3. The molecule has 0 aliphatic carbocycles. The molecule has 1 saturated heterocycles. The molecule has 0 bridgehead atoms. The molecular formula is C18H19BrF3NO3. The maximum atomic E-state index is 13.2. The largest absolute Gasteiger partial charge is 0.465 e. The van der Waals surface area contributed by atoms with Crippen LogP contribution in [-0.4, -0.2) is 41.3 Å². The zero-order valence-electron chi connectivity index (χ0n) is 14.2. The smallest absolute Gasteiger partial charge is 0.319 e. The second-order valence-corrected chi connectivity index (χ2v) is 6.93. The SMILES string of the molecule is CCOC(=O)C(Br)C1CCN(C(=O)/C=C/c2cc(F)c(F)c(F)c2)CC1. The summed E-state index contributed by atoms with van der Waals surface area (Å²) in [4.78, 5) is 25.1. The van der Waals surface area contributed by atoms with E-state index < -0.39 is 22.3 Å². The van der Waals surface area contributed by atoms with Crippen molar-refractivity contribution in [2.45, 2.75) is 24.6 Å². The third kappa shape index (κ3) is 5.09. The second-order valence-electron chi connectivity index (χ2n) is 5.95. The number of ether oxygens (including phenoxy) is 1. The molecule has 8 heteroatoms. The third-order valence-corrected chi connectivity index (χ3v) is 5.32. The molecule has 1 heterocycles. The fourth-order valence-electron chi connectivity index (χ4n) is 2.77. The van der Waals surface area contributed by atoms with Crippen LogP contribution < -0.4 is 0 Å². The average Bonchev–Trinajstić information content (AvgIpc) is 2.63. The Labute approximate surface area is 158 Å². The van der Waals surface area contributed by atoms with E-state index in [9.17, 15) is 22.8 Å². The number of benzene rings is 1. The first-order valence-electron chi connectivity index (χ1n) is 8.25. The van der Waals surface area contributed by atoms with Gasteiger partial charge >= 0.3 is 5.97 Å². The van der Waals surface area contributed by atoms with E-state index in [1.807, 2.05) is 0 Å². The molecule has 0 aromatic heterocycles. The molecule has 0 spiro atoms. The van der Waals surface area contributed by atoms with Crippen molar-refractivity contribution in [1.82, 2.24) is 4.90 Å². The Bertz CT molecular complexity index is 680. The van der Waals surface area contributed by atoms with Gasteiger partial charge in [-0.25, -0.2) is 13.2 Å². The molecule has 1 atom stereocenters. The molecule has 1 fully saturated rings. The van der Waals surface area contributed by atoms with Gasteiger partial charge in [0.15, 0.2) is 17.5 Å². The highest BCUT2D eigenvalue weighted by Gasteiger charge is 2.31. The van der Waals surface area contributed by atoms with E-state index >= 15 is 0 Å². The molecule has 0 N–H and O–H groups in total. The minimum absolute atomic E-state index is 0.0625. The summed E-state index contributed by atoms with van der Waals surface area (Å²) in [5.74, 6) is -4.70. The first-order chi connectivity index (χ1) is 12.3. The number of amides is 1. The lowest BCUT2D eigenvalue weighted by atomic mass is 9.93. The Morgan fingerprint density at radius 3 is 2.38 bits per heavy atom. The van der Waals surface area contributed by atoms with Crippen molar-refractivity contribution in [2.24, 2.45) is 5.92 Å². The first-order valence-corrected chi connectivity index (χ1v) is 9.17. The normalized spacial score (nSPS) is 16.7. The Morgan fingerprint density at radius 1 is 1.27 bits per heavy atom. The number of piperidine rings is 1. The Kier molecular flexibility index (Phi) is 7.25. The van der Waals surface area contributed by atoms with E-state index in [1.54, 1.807) is 11.8 Å². The number of rotatable bonds is 5. The minimum atomic E-state index is -1.54. The van der Waals surface area contributed by atoms with Crippen LogP contribution in [0.5, 0.6) is 0 Å². The van der Waals surface area contributed by atoms with Crippen LogP contribution in [0.4, 0.5) is 13.2 Å². The summed E-state index contributed by atoms with van der Waals surface area (Å²) < 4.78 is 44.2. The Hall–Kier alpha value is -1.83. The summed E-state index contributed by atoms with van der Waals surface area (Å²) in [7, 11) is 0. The van der Waals surface area contributed by atoms with Crippen molar-refractivity contribution in [1.29, 1.82) is 0 Å². The topological polar surface area (TPSA) is 46.6 Å². The van der Waals surface area contributed by atoms with Gasteiger partial charge < -0.3 is 9.64 Å². The lowest BCUT2D eigenvalue weighted by Crippen LogP contribution is -2.41. The number of carbonyl (C=O) groups is 2. The quantitative estimate of drug-likeness (QED) is 0.308. The van der Waals surface area contributed by atoms with Gasteiger partial charge in [-0.15, -0.1) is 0 Å². The number of alkyl halides is 1. The summed E-state index contributed by atoms with van der Waals surface area (Å²) in [5, 5.41) is 0. The molecule has 2 rings (SSSR count). The van der Waals surface area contributed by atoms with Crippen LogP contribution in [0, 0.1) is 23.4 Å². The molecule has 1 unspecified atom stereocenters. The van der Waals surface area contributed by atoms with Crippen molar-refractivity contribution in [3.63, 3.8) is 0 Å². The van der Waals surface area contributed by atoms with E-state index in [0.717, 1.165) is 12.1 Å². The summed E-state index contributed by atoms with van der Waals surface area (Å²) >= 11 is 3.35. The van der Waals surface area contributed by atoms with Crippen molar-refractivity contribution in [3.05, 3.63) is 41.2 Å². The molecule has 4 nitrogen and oxygen atoms in total. The van der Waals surface area contributed by atoms with Crippen LogP contribution in [0.25, 0.3) is 6.08 Å². The van der Waals surface area contributed by atoms with Crippen molar-refractivity contribution < 1.29 is 27.5 Å². The van der Waals surface area contributed by atoms with Crippen LogP contribution >= 0.6 is 15.9 Å². The molecule has 1 aliphatic heterocycles. The van der Waals surface area contributed by atoms with Crippen LogP contribution in [0.3, 0.4) is 0 Å². The van der Waals surface area contributed by atoms with Crippen LogP contribution in [0.15, 0.2) is 18.2 Å². The van der Waals surface area contributed by atoms with Gasteiger partial charge in [0.2, 0.25) is 5.91 Å². The van der Waals surface area contributed by atoms with Gasteiger partial charge in [-0.1, -0.05) is 15.9 Å². The van der Waals surface area contributed by atoms with Gasteiger partial charge in [-0.3, -0.25) is 9.59 Å². The number of likely N-dealkylation sites (tertiary alicyclic amines) is 1. The van der Waals surface area contributed by atoms with Gasteiger partial charge in [-0.05, 0) is 49.5 Å². The van der Waals surface area contributed by atoms with Gasteiger partial charge in [0, 0.05) is 19.2 Å². The van der Waals surface area contributed by atoms with Crippen LogP contribution in [0.1, 0.15) is 25.3 Å². The number of halogens is 4.